The van der Waals surface area contributed by atoms with Crippen LogP contribution in [0.1, 0.15) is 42.0 Å². The number of halogens is 1. The lowest BCUT2D eigenvalue weighted by Gasteiger charge is -2.14. The van der Waals surface area contributed by atoms with E-state index in [-0.39, 0.29) is 19.1 Å². The van der Waals surface area contributed by atoms with E-state index in [4.69, 9.17) is 9.47 Å². The van der Waals surface area contributed by atoms with Gasteiger partial charge in [-0.2, -0.15) is 5.10 Å². The maximum absolute atomic E-state index is 12.4. The van der Waals surface area contributed by atoms with Crippen LogP contribution in [-0.2, 0) is 20.9 Å². The topological polar surface area (TPSA) is 118 Å². The van der Waals surface area contributed by atoms with Gasteiger partial charge in [-0.25, -0.2) is 5.43 Å². The van der Waals surface area contributed by atoms with Crippen molar-refractivity contribution in [2.24, 2.45) is 5.10 Å². The monoisotopic (exact) mass is 642 g/mol. The van der Waals surface area contributed by atoms with Crippen LogP contribution >= 0.6 is 22.6 Å². The highest BCUT2D eigenvalue weighted by atomic mass is 127. The third kappa shape index (κ3) is 8.81. The van der Waals surface area contributed by atoms with Crippen molar-refractivity contribution in [3.63, 3.8) is 0 Å². The molecule has 0 saturated heterocycles. The number of para-hydroxylation sites is 1. The number of nitrogens with zero attached hydrogens (tertiary/aromatic N) is 1. The van der Waals surface area contributed by atoms with Gasteiger partial charge in [-0.05, 0) is 75.9 Å². The maximum atomic E-state index is 12.4. The molecule has 0 saturated carbocycles. The number of nitrogens with one attached hydrogen (secondary N) is 3. The highest BCUT2D eigenvalue weighted by Crippen LogP contribution is 2.33. The minimum atomic E-state index is -0.883. The highest BCUT2D eigenvalue weighted by molar-refractivity contribution is 14.1. The zero-order valence-corrected chi connectivity index (χ0v) is 24.4. The number of amides is 3. The molecule has 3 N–H and O–H groups in total. The van der Waals surface area contributed by atoms with Crippen LogP contribution < -0.4 is 25.5 Å². The zero-order chi connectivity index (χ0) is 28.4. The molecule has 0 atom stereocenters. The Labute approximate surface area is 241 Å². The summed E-state index contributed by atoms with van der Waals surface area (Å²) >= 11 is 2.06. The molecule has 3 aromatic carbocycles. The van der Waals surface area contributed by atoms with Crippen molar-refractivity contribution in [1.82, 2.24) is 10.7 Å². The molecule has 3 rings (SSSR count). The van der Waals surface area contributed by atoms with E-state index in [1.807, 2.05) is 55.5 Å². The molecule has 0 unspecified atom stereocenters. The molecule has 0 aliphatic rings. The Bertz CT molecular complexity index is 1360. The number of benzene rings is 3. The van der Waals surface area contributed by atoms with Crippen LogP contribution in [0, 0.1) is 10.5 Å². The maximum Gasteiger partial charge on any atom is 0.329 e. The third-order valence-electron chi connectivity index (χ3n) is 5.70. The number of carbonyl (C=O) groups excluding carboxylic acids is 3. The Hall–Kier alpha value is -3.93. The lowest BCUT2D eigenvalue weighted by molar-refractivity contribution is -0.139. The van der Waals surface area contributed by atoms with Gasteiger partial charge in [-0.3, -0.25) is 14.4 Å². The largest absolute Gasteiger partial charge is 0.493 e. The van der Waals surface area contributed by atoms with Crippen LogP contribution in [-0.4, -0.2) is 37.7 Å². The summed E-state index contributed by atoms with van der Waals surface area (Å²) in [6.07, 6.45) is 1.38. The van der Waals surface area contributed by atoms with Crippen LogP contribution in [0.4, 0.5) is 5.69 Å². The van der Waals surface area contributed by atoms with Crippen LogP contribution in [0.2, 0.25) is 0 Å². The number of ether oxygens (including phenoxy) is 2. The van der Waals surface area contributed by atoms with Crippen molar-refractivity contribution in [2.45, 2.75) is 33.2 Å². The second kappa shape index (κ2) is 14.3. The molecular formula is C29H31IN4O5. The number of methoxy groups -OCH3 is 1. The SMILES string of the molecule is COc1cc(/C=N\NC(=O)C(=O)NCc2ccc(C(C)C)cc2)cc(I)c1OCC(=O)Nc1ccccc1C. The smallest absolute Gasteiger partial charge is 0.329 e. The Kier molecular flexibility index (Phi) is 10.9. The van der Waals surface area contributed by atoms with E-state index in [2.05, 4.69) is 57.6 Å². The molecule has 9 nitrogen and oxygen atoms in total. The molecular weight excluding hydrogens is 611 g/mol. The third-order valence-corrected chi connectivity index (χ3v) is 6.51. The van der Waals surface area contributed by atoms with E-state index in [0.717, 1.165) is 16.8 Å². The van der Waals surface area contributed by atoms with E-state index >= 15 is 0 Å². The number of hydrazone groups is 1. The number of aryl methyl sites for hydroxylation is 1. The van der Waals surface area contributed by atoms with Crippen molar-refractivity contribution in [3.8, 4) is 11.5 Å². The summed E-state index contributed by atoms with van der Waals surface area (Å²) in [5, 5.41) is 9.27. The number of hydrogen-bond acceptors (Lipinski definition) is 6. The average Bonchev–Trinajstić information content (AvgIpc) is 2.92. The van der Waals surface area contributed by atoms with E-state index in [1.54, 1.807) is 12.1 Å². The molecule has 0 spiro atoms. The second-order valence-electron chi connectivity index (χ2n) is 8.96. The minimum absolute atomic E-state index is 0.207. The van der Waals surface area contributed by atoms with Crippen molar-refractivity contribution in [3.05, 3.63) is 86.5 Å². The Morgan fingerprint density at radius 3 is 2.41 bits per heavy atom. The molecule has 0 aromatic heterocycles. The first-order valence-corrected chi connectivity index (χ1v) is 13.3. The molecule has 3 aromatic rings. The van der Waals surface area contributed by atoms with Gasteiger partial charge in [-0.15, -0.1) is 0 Å². The summed E-state index contributed by atoms with van der Waals surface area (Å²) in [4.78, 5) is 36.6. The van der Waals surface area contributed by atoms with E-state index in [1.165, 1.54) is 18.9 Å². The molecule has 204 valence electrons. The van der Waals surface area contributed by atoms with E-state index in [0.29, 0.717) is 26.6 Å². The normalized spacial score (nSPS) is 10.8. The Morgan fingerprint density at radius 1 is 1.03 bits per heavy atom. The highest BCUT2D eigenvalue weighted by Gasteiger charge is 2.15. The van der Waals surface area contributed by atoms with Crippen LogP contribution in [0.15, 0.2) is 65.8 Å². The molecule has 39 heavy (non-hydrogen) atoms. The first-order chi connectivity index (χ1) is 18.7. The molecule has 0 fully saturated rings. The number of carbonyl (C=O) groups is 3. The second-order valence-corrected chi connectivity index (χ2v) is 10.1. The van der Waals surface area contributed by atoms with E-state index in [9.17, 15) is 14.4 Å². The number of rotatable bonds is 10. The fraction of sp³-hybridized carbons (Fsp3) is 0.241. The van der Waals surface area contributed by atoms with Crippen molar-refractivity contribution in [1.29, 1.82) is 0 Å². The van der Waals surface area contributed by atoms with Crippen LogP contribution in [0.25, 0.3) is 0 Å². The van der Waals surface area contributed by atoms with Gasteiger partial charge >= 0.3 is 11.8 Å². The standard InChI is InChI=1S/C29H31IN4O5/c1-18(2)22-11-9-20(10-12-22)15-31-28(36)29(37)34-32-16-21-13-23(30)27(25(14-21)38-4)39-17-26(35)33-24-8-6-5-7-19(24)3/h5-14,16,18H,15,17H2,1-4H3,(H,31,36)(H,33,35)(H,34,37)/b32-16-. The van der Waals surface area contributed by atoms with Crippen molar-refractivity contribution < 1.29 is 23.9 Å². The lowest BCUT2D eigenvalue weighted by atomic mass is 10.0. The van der Waals surface area contributed by atoms with Crippen LogP contribution in [0.3, 0.4) is 0 Å². The molecule has 0 aliphatic carbocycles. The van der Waals surface area contributed by atoms with Gasteiger partial charge in [0.25, 0.3) is 5.91 Å². The minimum Gasteiger partial charge on any atom is -0.493 e. The molecule has 0 bridgehead atoms. The summed E-state index contributed by atoms with van der Waals surface area (Å²) < 4.78 is 11.8. The number of hydrogen-bond donors (Lipinski definition) is 3. The van der Waals surface area contributed by atoms with Gasteiger partial charge in [0.05, 0.1) is 16.9 Å². The predicted molar refractivity (Wildman–Crippen MR) is 159 cm³/mol. The zero-order valence-electron chi connectivity index (χ0n) is 22.2. The van der Waals surface area contributed by atoms with Gasteiger partial charge in [0.1, 0.15) is 0 Å². The van der Waals surface area contributed by atoms with Gasteiger partial charge in [0.2, 0.25) is 0 Å². The average molecular weight is 642 g/mol. The summed E-state index contributed by atoms with van der Waals surface area (Å²) in [6, 6.07) is 18.7. The quantitative estimate of drug-likeness (QED) is 0.130. The Morgan fingerprint density at radius 2 is 1.74 bits per heavy atom. The molecule has 3 amide bonds. The molecule has 0 radical (unpaired) electrons. The van der Waals surface area contributed by atoms with Gasteiger partial charge in [0.15, 0.2) is 18.1 Å². The molecule has 10 heteroatoms. The first-order valence-electron chi connectivity index (χ1n) is 12.2. The fourth-order valence-electron chi connectivity index (χ4n) is 3.49. The summed E-state index contributed by atoms with van der Waals surface area (Å²) in [6.45, 7) is 6.14. The van der Waals surface area contributed by atoms with Gasteiger partial charge < -0.3 is 20.1 Å². The predicted octanol–water partition coefficient (Wildman–Crippen LogP) is 4.52. The lowest BCUT2D eigenvalue weighted by Crippen LogP contribution is -2.37. The van der Waals surface area contributed by atoms with Crippen molar-refractivity contribution >= 4 is 52.2 Å². The summed E-state index contributed by atoms with van der Waals surface area (Å²) in [5.41, 5.74) is 6.57. The van der Waals surface area contributed by atoms with Crippen LogP contribution in [0.5, 0.6) is 11.5 Å². The Balaban J connectivity index is 1.53. The first kappa shape index (κ1) is 29.6. The fourth-order valence-corrected chi connectivity index (χ4v) is 4.27. The molecule has 0 heterocycles. The van der Waals surface area contributed by atoms with Gasteiger partial charge in [-0.1, -0.05) is 56.3 Å². The van der Waals surface area contributed by atoms with Crippen molar-refractivity contribution in [2.75, 3.05) is 19.0 Å². The summed E-state index contributed by atoms with van der Waals surface area (Å²) in [7, 11) is 1.48. The van der Waals surface area contributed by atoms with E-state index < -0.39 is 11.8 Å². The number of anilines is 1. The molecule has 0 aliphatic heterocycles. The summed E-state index contributed by atoms with van der Waals surface area (Å²) in [5.74, 6) is -0.771. The van der Waals surface area contributed by atoms with Gasteiger partial charge in [0, 0.05) is 12.2 Å².